The van der Waals surface area contributed by atoms with Gasteiger partial charge in [-0.05, 0) is 56.2 Å². The van der Waals surface area contributed by atoms with Crippen LogP contribution in [-0.4, -0.2) is 51.9 Å². The Morgan fingerprint density at radius 2 is 1.94 bits per heavy atom. The minimum absolute atomic E-state index is 0.000206. The van der Waals surface area contributed by atoms with E-state index in [1.54, 1.807) is 48.2 Å². The molecule has 0 spiro atoms. The van der Waals surface area contributed by atoms with Crippen LogP contribution < -0.4 is 4.31 Å². The van der Waals surface area contributed by atoms with Crippen molar-refractivity contribution in [3.05, 3.63) is 59.1 Å². The molecule has 0 N–H and O–H groups in total. The number of benzene rings is 2. The number of carbonyl (C=O) groups excluding carboxylic acids is 2. The number of hydrogen-bond acceptors (Lipinski definition) is 5. The average molecular weight is 465 g/mol. The van der Waals surface area contributed by atoms with E-state index >= 15 is 0 Å². The van der Waals surface area contributed by atoms with Crippen LogP contribution in [0.5, 0.6) is 0 Å². The van der Waals surface area contributed by atoms with Gasteiger partial charge < -0.3 is 9.64 Å². The van der Waals surface area contributed by atoms with Crippen molar-refractivity contribution in [2.24, 2.45) is 5.92 Å². The van der Waals surface area contributed by atoms with E-state index in [2.05, 4.69) is 0 Å². The molecule has 2 aromatic rings. The van der Waals surface area contributed by atoms with Crippen LogP contribution in [0.3, 0.4) is 0 Å². The van der Waals surface area contributed by atoms with Gasteiger partial charge in [0.05, 0.1) is 23.1 Å². The number of halogens is 1. The van der Waals surface area contributed by atoms with E-state index in [4.69, 9.17) is 16.3 Å². The maximum absolute atomic E-state index is 13.1. The van der Waals surface area contributed by atoms with Crippen LogP contribution in [0.2, 0.25) is 5.02 Å². The van der Waals surface area contributed by atoms with Gasteiger partial charge in [0.25, 0.3) is 15.9 Å². The molecule has 0 radical (unpaired) electrons. The molecule has 1 saturated heterocycles. The molecule has 1 aliphatic rings. The monoisotopic (exact) mass is 464 g/mol. The molecule has 7 nitrogen and oxygen atoms in total. The van der Waals surface area contributed by atoms with Crippen molar-refractivity contribution >= 4 is 39.2 Å². The Morgan fingerprint density at radius 1 is 1.19 bits per heavy atom. The highest BCUT2D eigenvalue weighted by Gasteiger charge is 2.30. The Hall–Kier alpha value is -2.58. The van der Waals surface area contributed by atoms with E-state index in [1.165, 1.54) is 19.2 Å². The summed E-state index contributed by atoms with van der Waals surface area (Å²) in [5.74, 6) is -0.977. The molecular formula is C22H25ClN2O5S. The van der Waals surface area contributed by atoms with Crippen LogP contribution in [0.1, 0.15) is 30.1 Å². The van der Waals surface area contributed by atoms with Crippen molar-refractivity contribution < 1.29 is 22.7 Å². The van der Waals surface area contributed by atoms with Gasteiger partial charge in [-0.15, -0.1) is 0 Å². The minimum atomic E-state index is -3.90. The number of sulfonamides is 1. The highest BCUT2D eigenvalue weighted by atomic mass is 35.5. The first-order chi connectivity index (χ1) is 14.7. The number of amides is 1. The maximum Gasteiger partial charge on any atom is 0.310 e. The molecule has 1 atom stereocenters. The molecule has 0 aliphatic carbocycles. The molecule has 2 aromatic carbocycles. The largest absolute Gasteiger partial charge is 0.466 e. The molecular weight excluding hydrogens is 440 g/mol. The van der Waals surface area contributed by atoms with Crippen LogP contribution in [-0.2, 0) is 19.6 Å². The molecule has 9 heteroatoms. The number of piperidine rings is 1. The zero-order chi connectivity index (χ0) is 22.6. The van der Waals surface area contributed by atoms with Gasteiger partial charge >= 0.3 is 5.97 Å². The van der Waals surface area contributed by atoms with Crippen LogP contribution >= 0.6 is 11.6 Å². The molecule has 166 valence electrons. The van der Waals surface area contributed by atoms with E-state index in [0.717, 1.165) is 4.31 Å². The molecule has 31 heavy (non-hydrogen) atoms. The second-order valence-electron chi connectivity index (χ2n) is 7.32. The lowest BCUT2D eigenvalue weighted by atomic mass is 9.97. The van der Waals surface area contributed by atoms with Gasteiger partial charge in [-0.1, -0.05) is 23.7 Å². The van der Waals surface area contributed by atoms with E-state index in [0.29, 0.717) is 36.7 Å². The number of likely N-dealkylation sites (tertiary alicyclic amines) is 1. The van der Waals surface area contributed by atoms with E-state index in [1.807, 2.05) is 0 Å². The Morgan fingerprint density at radius 3 is 2.65 bits per heavy atom. The van der Waals surface area contributed by atoms with Gasteiger partial charge in [-0.3, -0.25) is 13.9 Å². The summed E-state index contributed by atoms with van der Waals surface area (Å²) in [6, 6.07) is 12.5. The fourth-order valence-corrected chi connectivity index (χ4v) is 4.97. The van der Waals surface area contributed by atoms with Crippen LogP contribution in [0.15, 0.2) is 53.4 Å². The summed E-state index contributed by atoms with van der Waals surface area (Å²) in [6.07, 6.45) is 1.35. The molecule has 0 saturated carbocycles. The number of anilines is 1. The second-order valence-corrected chi connectivity index (χ2v) is 9.73. The smallest absolute Gasteiger partial charge is 0.310 e. The molecule has 1 fully saturated rings. The van der Waals surface area contributed by atoms with Crippen molar-refractivity contribution in [2.45, 2.75) is 24.7 Å². The summed E-state index contributed by atoms with van der Waals surface area (Å²) in [6.45, 7) is 2.81. The van der Waals surface area contributed by atoms with E-state index in [-0.39, 0.29) is 34.8 Å². The third kappa shape index (κ3) is 5.19. The highest BCUT2D eigenvalue weighted by Crippen LogP contribution is 2.26. The zero-order valence-electron chi connectivity index (χ0n) is 17.5. The summed E-state index contributed by atoms with van der Waals surface area (Å²) in [5.41, 5.74) is 0.669. The van der Waals surface area contributed by atoms with Gasteiger partial charge in [-0.25, -0.2) is 8.42 Å². The Labute approximate surface area is 187 Å². The SMILES string of the molecule is CCOC(=O)[C@@H]1CCCN(C(=O)c2cccc(S(=O)(=O)N(C)c3cccc(Cl)c3)c2)C1. The number of esters is 1. The second kappa shape index (κ2) is 9.70. The van der Waals surface area contributed by atoms with Crippen molar-refractivity contribution in [3.63, 3.8) is 0 Å². The summed E-state index contributed by atoms with van der Waals surface area (Å²) in [5, 5.41) is 0.421. The number of hydrogen-bond donors (Lipinski definition) is 0. The van der Waals surface area contributed by atoms with E-state index in [9.17, 15) is 18.0 Å². The molecule has 0 aromatic heterocycles. The minimum Gasteiger partial charge on any atom is -0.466 e. The summed E-state index contributed by atoms with van der Waals surface area (Å²) in [4.78, 5) is 26.7. The molecule has 0 unspecified atom stereocenters. The molecule has 0 bridgehead atoms. The lowest BCUT2D eigenvalue weighted by Crippen LogP contribution is -2.42. The van der Waals surface area contributed by atoms with Gasteiger partial charge in [0.15, 0.2) is 0 Å². The topological polar surface area (TPSA) is 84.0 Å². The van der Waals surface area contributed by atoms with Gasteiger partial charge in [0.1, 0.15) is 0 Å². The Bertz CT molecular complexity index is 1070. The normalized spacial score (nSPS) is 16.6. The first-order valence-electron chi connectivity index (χ1n) is 10.0. The fourth-order valence-electron chi connectivity index (χ4n) is 3.56. The fraction of sp³-hybridized carbons (Fsp3) is 0.364. The van der Waals surface area contributed by atoms with Crippen LogP contribution in [0, 0.1) is 5.92 Å². The molecule has 1 heterocycles. The quantitative estimate of drug-likeness (QED) is 0.610. The van der Waals surface area contributed by atoms with Crippen molar-refractivity contribution in [2.75, 3.05) is 31.0 Å². The standard InChI is InChI=1S/C22H25ClN2O5S/c1-3-30-22(27)17-8-6-12-25(15-17)21(26)16-7-4-11-20(13-16)31(28,29)24(2)19-10-5-9-18(23)14-19/h4-5,7,9-11,13-14,17H,3,6,8,12,15H2,1-2H3/t17-/m1/s1. The Kier molecular flexibility index (Phi) is 7.23. The van der Waals surface area contributed by atoms with Crippen LogP contribution in [0.4, 0.5) is 5.69 Å². The average Bonchev–Trinajstić information content (AvgIpc) is 2.78. The number of ether oxygens (including phenoxy) is 1. The number of nitrogens with zero attached hydrogens (tertiary/aromatic N) is 2. The van der Waals surface area contributed by atoms with Gasteiger partial charge in [-0.2, -0.15) is 0 Å². The van der Waals surface area contributed by atoms with E-state index < -0.39 is 10.0 Å². The van der Waals surface area contributed by atoms with Gasteiger partial charge in [0, 0.05) is 30.7 Å². The summed E-state index contributed by atoms with van der Waals surface area (Å²) >= 11 is 5.99. The molecule has 3 rings (SSSR count). The summed E-state index contributed by atoms with van der Waals surface area (Å²) < 4.78 is 32.4. The number of rotatable bonds is 6. The van der Waals surface area contributed by atoms with Crippen molar-refractivity contribution in [1.29, 1.82) is 0 Å². The highest BCUT2D eigenvalue weighted by molar-refractivity contribution is 7.92. The predicted molar refractivity (Wildman–Crippen MR) is 119 cm³/mol. The lowest BCUT2D eigenvalue weighted by Gasteiger charge is -2.31. The first kappa shape index (κ1) is 23.1. The third-order valence-corrected chi connectivity index (χ3v) is 7.26. The first-order valence-corrected chi connectivity index (χ1v) is 11.9. The Balaban J connectivity index is 1.82. The zero-order valence-corrected chi connectivity index (χ0v) is 19.0. The van der Waals surface area contributed by atoms with Crippen molar-refractivity contribution in [3.8, 4) is 0 Å². The van der Waals surface area contributed by atoms with Crippen molar-refractivity contribution in [1.82, 2.24) is 4.90 Å². The van der Waals surface area contributed by atoms with Crippen LogP contribution in [0.25, 0.3) is 0 Å². The van der Waals surface area contributed by atoms with Gasteiger partial charge in [0.2, 0.25) is 0 Å². The third-order valence-electron chi connectivity index (χ3n) is 5.24. The maximum atomic E-state index is 13.1. The number of carbonyl (C=O) groups is 2. The molecule has 1 amide bonds. The predicted octanol–water partition coefficient (Wildman–Crippen LogP) is 3.58. The molecule has 1 aliphatic heterocycles. The summed E-state index contributed by atoms with van der Waals surface area (Å²) in [7, 11) is -2.46. The lowest BCUT2D eigenvalue weighted by molar-refractivity contribution is -0.149.